The van der Waals surface area contributed by atoms with Gasteiger partial charge in [0.05, 0.1) is 0 Å². The van der Waals surface area contributed by atoms with Gasteiger partial charge in [0, 0.05) is 18.2 Å². The number of halogens is 2. The fourth-order valence-corrected chi connectivity index (χ4v) is 3.74. The third kappa shape index (κ3) is 3.55. The van der Waals surface area contributed by atoms with Gasteiger partial charge in [0.1, 0.15) is 23.7 Å². The monoisotopic (exact) mass is 376 g/mol. The van der Waals surface area contributed by atoms with E-state index in [1.165, 1.54) is 6.07 Å². The van der Waals surface area contributed by atoms with Gasteiger partial charge in [0.15, 0.2) is 0 Å². The number of nitrogens with one attached hydrogen (secondary N) is 2. The molecule has 4 rings (SSSR count). The fraction of sp³-hybridized carbons (Fsp3) is 0.350. The van der Waals surface area contributed by atoms with E-state index in [-0.39, 0.29) is 42.3 Å². The molecule has 138 valence electrons. The molecule has 2 saturated heterocycles. The van der Waals surface area contributed by atoms with Crippen LogP contribution in [0.25, 0.3) is 0 Å². The first-order chi connectivity index (χ1) is 12.2. The normalized spacial score (nSPS) is 24.3. The summed E-state index contributed by atoms with van der Waals surface area (Å²) in [4.78, 5) is 12.1. The Bertz CT molecular complexity index is 784. The number of benzene rings is 2. The predicted octanol–water partition coefficient (Wildman–Crippen LogP) is 3.51. The zero-order chi connectivity index (χ0) is 17.3. The second kappa shape index (κ2) is 7.64. The molecule has 2 fully saturated rings. The highest BCUT2D eigenvalue weighted by atomic mass is 35.5. The zero-order valence-corrected chi connectivity index (χ0v) is 15.2. The molecule has 0 bridgehead atoms. The third-order valence-electron chi connectivity index (χ3n) is 5.22. The molecule has 2 aromatic rings. The van der Waals surface area contributed by atoms with E-state index in [0.29, 0.717) is 11.3 Å². The van der Waals surface area contributed by atoms with Crippen LogP contribution in [0.1, 0.15) is 36.4 Å². The molecule has 26 heavy (non-hydrogen) atoms. The molecule has 1 amide bonds. The van der Waals surface area contributed by atoms with Gasteiger partial charge in [-0.25, -0.2) is 4.39 Å². The Balaban J connectivity index is 0.00000196. The molecule has 0 radical (unpaired) electrons. The Labute approximate surface area is 158 Å². The highest BCUT2D eigenvalue weighted by Crippen LogP contribution is 2.37. The third-order valence-corrected chi connectivity index (χ3v) is 5.22. The van der Waals surface area contributed by atoms with Crippen LogP contribution in [0.3, 0.4) is 0 Å². The van der Waals surface area contributed by atoms with Crippen LogP contribution in [0.2, 0.25) is 0 Å². The summed E-state index contributed by atoms with van der Waals surface area (Å²) in [5, 5.41) is 6.43. The van der Waals surface area contributed by atoms with Crippen LogP contribution < -0.4 is 15.4 Å². The van der Waals surface area contributed by atoms with E-state index in [1.807, 2.05) is 24.3 Å². The Morgan fingerprint density at radius 3 is 2.58 bits per heavy atom. The van der Waals surface area contributed by atoms with Crippen molar-refractivity contribution in [2.75, 3.05) is 6.54 Å². The molecule has 2 aliphatic rings. The zero-order valence-electron chi connectivity index (χ0n) is 14.3. The van der Waals surface area contributed by atoms with E-state index in [2.05, 4.69) is 10.6 Å². The first kappa shape index (κ1) is 18.7. The van der Waals surface area contributed by atoms with Crippen molar-refractivity contribution in [3.63, 3.8) is 0 Å². The average Bonchev–Trinajstić information content (AvgIpc) is 3.22. The maximum absolute atomic E-state index is 13.6. The number of rotatable bonds is 4. The van der Waals surface area contributed by atoms with Gasteiger partial charge >= 0.3 is 0 Å². The Kier molecular flexibility index (Phi) is 5.49. The smallest absolute Gasteiger partial charge is 0.240 e. The van der Waals surface area contributed by atoms with Gasteiger partial charge in [-0.05, 0) is 43.0 Å². The van der Waals surface area contributed by atoms with Crippen molar-refractivity contribution >= 4 is 18.3 Å². The minimum Gasteiger partial charge on any atom is -0.489 e. The number of amides is 1. The number of hydrogen-bond acceptors (Lipinski definition) is 3. The van der Waals surface area contributed by atoms with Crippen molar-refractivity contribution in [2.24, 2.45) is 0 Å². The number of carbonyl (C=O) groups excluding carboxylic acids is 1. The van der Waals surface area contributed by atoms with Gasteiger partial charge in [-0.1, -0.05) is 30.3 Å². The van der Waals surface area contributed by atoms with Gasteiger partial charge in [-0.3, -0.25) is 10.1 Å². The maximum Gasteiger partial charge on any atom is 0.240 e. The number of ether oxygens (including phenoxy) is 1. The van der Waals surface area contributed by atoms with Crippen LogP contribution in [0.15, 0.2) is 48.5 Å². The first-order valence-electron chi connectivity index (χ1n) is 8.68. The Morgan fingerprint density at radius 2 is 1.88 bits per heavy atom. The SMILES string of the molecule is Cl.O=C1NCC[C@]12CC[C@H](c1ccc(OCc3ccccc3F)cc1)N2. The van der Waals surface area contributed by atoms with E-state index in [1.54, 1.807) is 18.2 Å². The van der Waals surface area contributed by atoms with Crippen molar-refractivity contribution in [3.05, 3.63) is 65.5 Å². The summed E-state index contributed by atoms with van der Waals surface area (Å²) in [6.45, 7) is 0.957. The summed E-state index contributed by atoms with van der Waals surface area (Å²) >= 11 is 0. The van der Waals surface area contributed by atoms with Gasteiger partial charge in [-0.15, -0.1) is 12.4 Å². The van der Waals surface area contributed by atoms with Crippen LogP contribution in [0.4, 0.5) is 4.39 Å². The van der Waals surface area contributed by atoms with Crippen LogP contribution in [-0.4, -0.2) is 18.0 Å². The fourth-order valence-electron chi connectivity index (χ4n) is 3.74. The van der Waals surface area contributed by atoms with E-state index in [9.17, 15) is 9.18 Å². The summed E-state index contributed by atoms with van der Waals surface area (Å²) in [6, 6.07) is 14.6. The lowest BCUT2D eigenvalue weighted by molar-refractivity contribution is -0.124. The summed E-state index contributed by atoms with van der Waals surface area (Å²) in [7, 11) is 0. The largest absolute Gasteiger partial charge is 0.489 e. The highest BCUT2D eigenvalue weighted by Gasteiger charge is 2.47. The van der Waals surface area contributed by atoms with Gasteiger partial charge in [0.2, 0.25) is 5.91 Å². The summed E-state index contributed by atoms with van der Waals surface area (Å²) in [5.74, 6) is 0.576. The lowest BCUT2D eigenvalue weighted by Gasteiger charge is -2.22. The molecule has 6 heteroatoms. The lowest BCUT2D eigenvalue weighted by Crippen LogP contribution is -2.47. The van der Waals surface area contributed by atoms with Crippen molar-refractivity contribution in [1.82, 2.24) is 10.6 Å². The van der Waals surface area contributed by atoms with E-state index in [4.69, 9.17) is 4.74 Å². The summed E-state index contributed by atoms with van der Waals surface area (Å²) in [6.07, 6.45) is 2.67. The van der Waals surface area contributed by atoms with Crippen LogP contribution in [0, 0.1) is 5.82 Å². The van der Waals surface area contributed by atoms with Gasteiger partial charge in [-0.2, -0.15) is 0 Å². The van der Waals surface area contributed by atoms with E-state index in [0.717, 1.165) is 31.4 Å². The van der Waals surface area contributed by atoms with Crippen molar-refractivity contribution in [1.29, 1.82) is 0 Å². The lowest BCUT2D eigenvalue weighted by atomic mass is 9.96. The minimum absolute atomic E-state index is 0. The second-order valence-corrected chi connectivity index (χ2v) is 6.77. The molecule has 2 aliphatic heterocycles. The summed E-state index contributed by atoms with van der Waals surface area (Å²) in [5.41, 5.74) is 1.30. The van der Waals surface area contributed by atoms with E-state index < -0.39 is 0 Å². The molecule has 0 aromatic heterocycles. The molecule has 2 heterocycles. The predicted molar refractivity (Wildman–Crippen MR) is 99.9 cm³/mol. The minimum atomic E-state index is -0.384. The standard InChI is InChI=1S/C20H21FN2O2.ClH/c21-17-4-2-1-3-15(17)13-25-16-7-5-14(6-8-16)18-9-10-20(23-18)11-12-22-19(20)24;/h1-8,18,23H,9-13H2,(H,22,24);1H/t18-,20-;/m1./s1. The Hall–Kier alpha value is -2.11. The average molecular weight is 377 g/mol. The van der Waals surface area contributed by atoms with Gasteiger partial charge < -0.3 is 10.1 Å². The topological polar surface area (TPSA) is 50.4 Å². The van der Waals surface area contributed by atoms with Crippen LogP contribution in [0.5, 0.6) is 5.75 Å². The van der Waals surface area contributed by atoms with Crippen LogP contribution in [-0.2, 0) is 11.4 Å². The second-order valence-electron chi connectivity index (χ2n) is 6.77. The molecule has 2 aromatic carbocycles. The molecule has 1 spiro atoms. The maximum atomic E-state index is 13.6. The molecule has 2 N–H and O–H groups in total. The van der Waals surface area contributed by atoms with Crippen molar-refractivity contribution in [3.8, 4) is 5.75 Å². The first-order valence-corrected chi connectivity index (χ1v) is 8.68. The van der Waals surface area contributed by atoms with Crippen molar-refractivity contribution < 1.29 is 13.9 Å². The summed E-state index contributed by atoms with van der Waals surface area (Å²) < 4.78 is 19.3. The van der Waals surface area contributed by atoms with Gasteiger partial charge in [0.25, 0.3) is 0 Å². The van der Waals surface area contributed by atoms with Crippen LogP contribution >= 0.6 is 12.4 Å². The molecule has 0 aliphatic carbocycles. The van der Waals surface area contributed by atoms with E-state index >= 15 is 0 Å². The van der Waals surface area contributed by atoms with Crippen molar-refractivity contribution in [2.45, 2.75) is 37.5 Å². The Morgan fingerprint density at radius 1 is 1.12 bits per heavy atom. The quantitative estimate of drug-likeness (QED) is 0.858. The molecular weight excluding hydrogens is 355 g/mol. The molecule has 4 nitrogen and oxygen atoms in total. The highest BCUT2D eigenvalue weighted by molar-refractivity contribution is 5.88. The molecular formula is C20H22ClFN2O2. The number of hydrogen-bond donors (Lipinski definition) is 2. The molecule has 0 saturated carbocycles. The molecule has 2 atom stereocenters. The molecule has 0 unspecified atom stereocenters. The number of carbonyl (C=O) groups is 1.